The fourth-order valence-electron chi connectivity index (χ4n) is 2.54. The highest BCUT2D eigenvalue weighted by molar-refractivity contribution is 5.11. The van der Waals surface area contributed by atoms with Gasteiger partial charge in [0.15, 0.2) is 0 Å². The molecular formula is C13H16F2N2O3. The number of aromatic nitrogens is 2. The molecule has 0 bridgehead atoms. The molecule has 5 nitrogen and oxygen atoms in total. The zero-order valence-electron chi connectivity index (χ0n) is 11.2. The van der Waals surface area contributed by atoms with Crippen LogP contribution in [0.25, 0.3) is 0 Å². The van der Waals surface area contributed by atoms with Gasteiger partial charge in [-0.05, 0) is 6.42 Å². The molecule has 1 aliphatic rings. The number of H-pyrrole nitrogens is 1. The number of hydrogen-bond donors (Lipinski definition) is 1. The highest BCUT2D eigenvalue weighted by Crippen LogP contribution is 2.53. The van der Waals surface area contributed by atoms with Crippen LogP contribution in [0, 0.1) is 5.92 Å². The molecule has 7 heteroatoms. The fourth-order valence-corrected chi connectivity index (χ4v) is 2.54. The van der Waals surface area contributed by atoms with Crippen LogP contribution in [0.5, 0.6) is 0 Å². The maximum atomic E-state index is 14.4. The van der Waals surface area contributed by atoms with Crippen molar-refractivity contribution in [2.75, 3.05) is 0 Å². The highest BCUT2D eigenvalue weighted by atomic mass is 19.3. The van der Waals surface area contributed by atoms with E-state index < -0.39 is 34.9 Å². The second-order valence-electron chi connectivity index (χ2n) is 4.90. The Kier molecular flexibility index (Phi) is 3.41. The highest BCUT2D eigenvalue weighted by Gasteiger charge is 2.63. The minimum atomic E-state index is -3.26. The van der Waals surface area contributed by atoms with Crippen LogP contribution in [-0.2, 0) is 4.74 Å². The van der Waals surface area contributed by atoms with E-state index in [4.69, 9.17) is 4.74 Å². The first-order chi connectivity index (χ1) is 9.28. The summed E-state index contributed by atoms with van der Waals surface area (Å²) in [6.07, 6.45) is 0.908. The van der Waals surface area contributed by atoms with E-state index in [9.17, 15) is 18.4 Å². The Morgan fingerprint density at radius 2 is 2.20 bits per heavy atom. The van der Waals surface area contributed by atoms with E-state index in [1.807, 2.05) is 4.98 Å². The van der Waals surface area contributed by atoms with Crippen LogP contribution in [0.4, 0.5) is 8.78 Å². The van der Waals surface area contributed by atoms with Crippen molar-refractivity contribution in [2.24, 2.45) is 5.92 Å². The van der Waals surface area contributed by atoms with Crippen molar-refractivity contribution in [3.63, 3.8) is 0 Å². The molecule has 2 heterocycles. The molecule has 0 amide bonds. The summed E-state index contributed by atoms with van der Waals surface area (Å²) in [5, 5.41) is 0. The van der Waals surface area contributed by atoms with Gasteiger partial charge in [0.05, 0.1) is 11.5 Å². The molecule has 3 atom stereocenters. The van der Waals surface area contributed by atoms with Crippen molar-refractivity contribution in [3.8, 4) is 0 Å². The lowest BCUT2D eigenvalue weighted by atomic mass is 9.84. The molecule has 1 aliphatic heterocycles. The van der Waals surface area contributed by atoms with E-state index in [0.717, 1.165) is 12.3 Å². The van der Waals surface area contributed by atoms with Gasteiger partial charge in [-0.2, -0.15) is 0 Å². The number of alkyl halides is 2. The van der Waals surface area contributed by atoms with Gasteiger partial charge in [0.1, 0.15) is 0 Å². The number of hydrogen-bond acceptors (Lipinski definition) is 3. The summed E-state index contributed by atoms with van der Waals surface area (Å²) in [6.45, 7) is 6.64. The monoisotopic (exact) mass is 286 g/mol. The predicted molar refractivity (Wildman–Crippen MR) is 68.8 cm³/mol. The molecule has 0 saturated carbocycles. The minimum absolute atomic E-state index is 0.307. The lowest BCUT2D eigenvalue weighted by Gasteiger charge is -2.27. The van der Waals surface area contributed by atoms with Crippen LogP contribution in [0.15, 0.2) is 34.5 Å². The zero-order valence-corrected chi connectivity index (χ0v) is 11.2. The Morgan fingerprint density at radius 1 is 1.55 bits per heavy atom. The summed E-state index contributed by atoms with van der Waals surface area (Å²) < 4.78 is 35.0. The Morgan fingerprint density at radius 3 is 2.65 bits per heavy atom. The zero-order chi connectivity index (χ0) is 15.1. The first-order valence-corrected chi connectivity index (χ1v) is 6.29. The quantitative estimate of drug-likeness (QED) is 0.860. The number of ether oxygens (including phenoxy) is 1. The van der Waals surface area contributed by atoms with E-state index >= 15 is 0 Å². The summed E-state index contributed by atoms with van der Waals surface area (Å²) in [7, 11) is 0. The SMILES string of the molecule is C=C[C@]1(CC)O[C@@H](n2ccc(=O)[nH]c2=O)C(F)(F)[C@@H]1C. The van der Waals surface area contributed by atoms with Crippen LogP contribution in [0.3, 0.4) is 0 Å². The summed E-state index contributed by atoms with van der Waals surface area (Å²) in [5.74, 6) is -4.40. The largest absolute Gasteiger partial charge is 0.340 e. The third kappa shape index (κ3) is 1.93. The Hall–Kier alpha value is -1.76. The minimum Gasteiger partial charge on any atom is -0.340 e. The van der Waals surface area contributed by atoms with Crippen molar-refractivity contribution in [1.82, 2.24) is 9.55 Å². The molecular weight excluding hydrogens is 270 g/mol. The lowest BCUT2D eigenvalue weighted by molar-refractivity contribution is -0.131. The van der Waals surface area contributed by atoms with Gasteiger partial charge in [0.2, 0.25) is 6.23 Å². The third-order valence-corrected chi connectivity index (χ3v) is 3.97. The summed E-state index contributed by atoms with van der Waals surface area (Å²) >= 11 is 0. The maximum Gasteiger partial charge on any atom is 0.330 e. The van der Waals surface area contributed by atoms with Gasteiger partial charge in [-0.1, -0.05) is 19.9 Å². The topological polar surface area (TPSA) is 64.1 Å². The molecule has 0 unspecified atom stereocenters. The Balaban J connectivity index is 2.55. The summed E-state index contributed by atoms with van der Waals surface area (Å²) in [5.41, 5.74) is -2.78. The van der Waals surface area contributed by atoms with Crippen LogP contribution in [0.1, 0.15) is 26.5 Å². The van der Waals surface area contributed by atoms with Crippen molar-refractivity contribution in [1.29, 1.82) is 0 Å². The normalized spacial score (nSPS) is 32.2. The van der Waals surface area contributed by atoms with Crippen LogP contribution >= 0.6 is 0 Å². The summed E-state index contributed by atoms with van der Waals surface area (Å²) in [6, 6.07) is 1.01. The standard InChI is InChI=1S/C13H16F2N2O3/c1-4-12(5-2)8(3)13(14,15)10(20-12)17-7-6-9(18)16-11(17)19/h4,6-8,10H,1,5H2,2-3H3,(H,16,18,19)/t8-,10-,12-/m1/s1. The fraction of sp³-hybridized carbons (Fsp3) is 0.538. The molecule has 0 aromatic carbocycles. The van der Waals surface area contributed by atoms with E-state index in [0.29, 0.717) is 11.0 Å². The van der Waals surface area contributed by atoms with E-state index in [-0.39, 0.29) is 0 Å². The number of halogens is 2. The molecule has 1 N–H and O–H groups in total. The van der Waals surface area contributed by atoms with Crippen molar-refractivity contribution >= 4 is 0 Å². The summed E-state index contributed by atoms with van der Waals surface area (Å²) in [4.78, 5) is 24.6. The van der Waals surface area contributed by atoms with Gasteiger partial charge >= 0.3 is 5.69 Å². The van der Waals surface area contributed by atoms with Gasteiger partial charge in [0.25, 0.3) is 11.5 Å². The molecule has 1 fully saturated rings. The molecule has 0 radical (unpaired) electrons. The Bertz CT molecular complexity index is 637. The van der Waals surface area contributed by atoms with Crippen LogP contribution in [0.2, 0.25) is 0 Å². The van der Waals surface area contributed by atoms with E-state index in [1.54, 1.807) is 6.92 Å². The molecule has 0 spiro atoms. The second kappa shape index (κ2) is 4.66. The van der Waals surface area contributed by atoms with Gasteiger partial charge < -0.3 is 4.74 Å². The molecule has 1 aromatic heterocycles. The molecule has 1 aromatic rings. The number of aromatic amines is 1. The maximum absolute atomic E-state index is 14.4. The molecule has 20 heavy (non-hydrogen) atoms. The van der Waals surface area contributed by atoms with Crippen LogP contribution in [-0.4, -0.2) is 21.1 Å². The number of nitrogens with one attached hydrogen (secondary N) is 1. The van der Waals surface area contributed by atoms with Gasteiger partial charge in [-0.3, -0.25) is 14.3 Å². The van der Waals surface area contributed by atoms with Crippen molar-refractivity contribution < 1.29 is 13.5 Å². The molecule has 110 valence electrons. The molecule has 1 saturated heterocycles. The third-order valence-electron chi connectivity index (χ3n) is 3.97. The molecule has 0 aliphatic carbocycles. The number of nitrogens with zero attached hydrogens (tertiary/aromatic N) is 1. The van der Waals surface area contributed by atoms with Gasteiger partial charge in [-0.25, -0.2) is 13.6 Å². The predicted octanol–water partition coefficient (Wildman–Crippen LogP) is 1.67. The first-order valence-electron chi connectivity index (χ1n) is 6.29. The molecule has 2 rings (SSSR count). The van der Waals surface area contributed by atoms with Gasteiger partial charge in [0, 0.05) is 12.3 Å². The second-order valence-corrected chi connectivity index (χ2v) is 4.90. The smallest absolute Gasteiger partial charge is 0.330 e. The Labute approximate surface area is 113 Å². The number of rotatable bonds is 3. The average molecular weight is 286 g/mol. The lowest BCUT2D eigenvalue weighted by Crippen LogP contribution is -2.40. The first kappa shape index (κ1) is 14.6. The van der Waals surface area contributed by atoms with Gasteiger partial charge in [-0.15, -0.1) is 6.58 Å². The van der Waals surface area contributed by atoms with E-state index in [2.05, 4.69) is 6.58 Å². The van der Waals surface area contributed by atoms with Crippen molar-refractivity contribution in [3.05, 3.63) is 45.8 Å². The average Bonchev–Trinajstić information content (AvgIpc) is 2.60. The van der Waals surface area contributed by atoms with Crippen molar-refractivity contribution in [2.45, 2.75) is 38.0 Å². The van der Waals surface area contributed by atoms with Crippen LogP contribution < -0.4 is 11.2 Å². The van der Waals surface area contributed by atoms with E-state index in [1.165, 1.54) is 13.0 Å².